The number of aromatic nitrogens is 3. The van der Waals surface area contributed by atoms with Crippen LogP contribution >= 0.6 is 0 Å². The number of amides is 2. The minimum Gasteiger partial charge on any atom is -0.366 e. The molecule has 0 aromatic carbocycles. The second-order valence-corrected chi connectivity index (χ2v) is 5.44. The standard InChI is InChI=1S/C16H18N6O2/c23-12-21-4-6-22(7-5-21)16(24)14-8-15(20-11-19-14)18-10-13-2-1-3-17-9-13/h1-3,8-9,11-12H,4-7,10H2,(H,18,19,20). The van der Waals surface area contributed by atoms with Crippen molar-refractivity contribution in [1.29, 1.82) is 0 Å². The maximum atomic E-state index is 12.5. The summed E-state index contributed by atoms with van der Waals surface area (Å²) in [5.74, 6) is 0.441. The van der Waals surface area contributed by atoms with Crippen LogP contribution < -0.4 is 5.32 Å². The van der Waals surface area contributed by atoms with E-state index in [4.69, 9.17) is 0 Å². The molecule has 2 aromatic rings. The van der Waals surface area contributed by atoms with Crippen molar-refractivity contribution in [2.75, 3.05) is 31.5 Å². The molecule has 8 heteroatoms. The largest absolute Gasteiger partial charge is 0.366 e. The third-order valence-corrected chi connectivity index (χ3v) is 3.83. The van der Waals surface area contributed by atoms with Crippen LogP contribution in [0.3, 0.4) is 0 Å². The molecule has 3 heterocycles. The number of pyridine rings is 1. The average molecular weight is 326 g/mol. The molecule has 1 aliphatic heterocycles. The molecule has 0 saturated carbocycles. The SMILES string of the molecule is O=CN1CCN(C(=O)c2cc(NCc3cccnc3)ncn2)CC1. The first kappa shape index (κ1) is 15.9. The maximum Gasteiger partial charge on any atom is 0.272 e. The van der Waals surface area contributed by atoms with Crippen LogP contribution in [0.25, 0.3) is 0 Å². The van der Waals surface area contributed by atoms with Gasteiger partial charge in [0.2, 0.25) is 6.41 Å². The van der Waals surface area contributed by atoms with E-state index in [1.807, 2.05) is 12.1 Å². The Morgan fingerprint density at radius 3 is 2.79 bits per heavy atom. The van der Waals surface area contributed by atoms with Crippen LogP contribution in [0, 0.1) is 0 Å². The number of nitrogens with one attached hydrogen (secondary N) is 1. The van der Waals surface area contributed by atoms with Crippen molar-refractivity contribution < 1.29 is 9.59 Å². The molecule has 2 aromatic heterocycles. The van der Waals surface area contributed by atoms with Crippen LogP contribution in [-0.2, 0) is 11.3 Å². The number of carbonyl (C=O) groups is 2. The molecule has 124 valence electrons. The lowest BCUT2D eigenvalue weighted by molar-refractivity contribution is -0.119. The summed E-state index contributed by atoms with van der Waals surface area (Å²) in [6, 6.07) is 5.47. The van der Waals surface area contributed by atoms with Crippen molar-refractivity contribution in [3.05, 3.63) is 48.2 Å². The molecule has 24 heavy (non-hydrogen) atoms. The Morgan fingerprint density at radius 2 is 2.08 bits per heavy atom. The molecule has 0 radical (unpaired) electrons. The number of piperazine rings is 1. The summed E-state index contributed by atoms with van der Waals surface area (Å²) in [5.41, 5.74) is 1.37. The Bertz CT molecular complexity index is 701. The molecule has 1 saturated heterocycles. The highest BCUT2D eigenvalue weighted by Gasteiger charge is 2.22. The number of nitrogens with zero attached hydrogens (tertiary/aromatic N) is 5. The Hall–Kier alpha value is -3.03. The van der Waals surface area contributed by atoms with Crippen molar-refractivity contribution in [1.82, 2.24) is 24.8 Å². The normalized spacial score (nSPS) is 14.3. The molecule has 2 amide bonds. The van der Waals surface area contributed by atoms with Crippen LogP contribution in [0.2, 0.25) is 0 Å². The van der Waals surface area contributed by atoms with E-state index in [-0.39, 0.29) is 5.91 Å². The molecule has 1 aliphatic rings. The molecule has 8 nitrogen and oxygen atoms in total. The van der Waals surface area contributed by atoms with Gasteiger partial charge in [-0.15, -0.1) is 0 Å². The second kappa shape index (κ2) is 7.49. The Balaban J connectivity index is 1.62. The fourth-order valence-electron chi connectivity index (χ4n) is 2.46. The van der Waals surface area contributed by atoms with E-state index >= 15 is 0 Å². The highest BCUT2D eigenvalue weighted by molar-refractivity contribution is 5.93. The maximum absolute atomic E-state index is 12.5. The molecular formula is C16H18N6O2. The van der Waals surface area contributed by atoms with E-state index in [9.17, 15) is 9.59 Å². The van der Waals surface area contributed by atoms with Gasteiger partial charge >= 0.3 is 0 Å². The van der Waals surface area contributed by atoms with E-state index in [1.165, 1.54) is 6.33 Å². The second-order valence-electron chi connectivity index (χ2n) is 5.44. The first-order chi connectivity index (χ1) is 11.8. The van der Waals surface area contributed by atoms with Gasteiger partial charge in [0.15, 0.2) is 0 Å². The van der Waals surface area contributed by atoms with Gasteiger partial charge in [-0.25, -0.2) is 9.97 Å². The summed E-state index contributed by atoms with van der Waals surface area (Å²) < 4.78 is 0. The van der Waals surface area contributed by atoms with Gasteiger partial charge in [-0.1, -0.05) is 6.07 Å². The molecular weight excluding hydrogens is 308 g/mol. The summed E-state index contributed by atoms with van der Waals surface area (Å²) >= 11 is 0. The highest BCUT2D eigenvalue weighted by Crippen LogP contribution is 2.10. The van der Waals surface area contributed by atoms with E-state index in [0.717, 1.165) is 12.0 Å². The van der Waals surface area contributed by atoms with E-state index in [1.54, 1.807) is 28.3 Å². The average Bonchev–Trinajstić information content (AvgIpc) is 2.67. The molecule has 0 atom stereocenters. The van der Waals surface area contributed by atoms with Crippen molar-refractivity contribution in [2.24, 2.45) is 0 Å². The predicted octanol–water partition coefficient (Wildman–Crippen LogP) is 0.398. The smallest absolute Gasteiger partial charge is 0.272 e. The molecule has 0 spiro atoms. The summed E-state index contributed by atoms with van der Waals surface area (Å²) in [6.45, 7) is 2.69. The summed E-state index contributed by atoms with van der Waals surface area (Å²) in [7, 11) is 0. The van der Waals surface area contributed by atoms with Gasteiger partial charge in [-0.2, -0.15) is 0 Å². The van der Waals surface area contributed by atoms with Gasteiger partial charge in [0, 0.05) is 51.2 Å². The van der Waals surface area contributed by atoms with Crippen molar-refractivity contribution in [3.63, 3.8) is 0 Å². The Kier molecular flexibility index (Phi) is 4.95. The Morgan fingerprint density at radius 1 is 1.25 bits per heavy atom. The third-order valence-electron chi connectivity index (χ3n) is 3.83. The number of hydrogen-bond donors (Lipinski definition) is 1. The molecule has 0 bridgehead atoms. The van der Waals surface area contributed by atoms with Crippen LogP contribution in [-0.4, -0.2) is 63.2 Å². The van der Waals surface area contributed by atoms with Crippen LogP contribution in [0.1, 0.15) is 16.1 Å². The number of hydrogen-bond acceptors (Lipinski definition) is 6. The van der Waals surface area contributed by atoms with Crippen molar-refractivity contribution in [3.8, 4) is 0 Å². The minimum atomic E-state index is -0.146. The third kappa shape index (κ3) is 3.83. The lowest BCUT2D eigenvalue weighted by Gasteiger charge is -2.32. The highest BCUT2D eigenvalue weighted by atomic mass is 16.2. The van der Waals surface area contributed by atoms with Crippen molar-refractivity contribution >= 4 is 18.1 Å². The zero-order valence-corrected chi connectivity index (χ0v) is 13.1. The van der Waals surface area contributed by atoms with Crippen molar-refractivity contribution in [2.45, 2.75) is 6.54 Å². The molecule has 1 fully saturated rings. The van der Waals surface area contributed by atoms with Gasteiger partial charge < -0.3 is 15.1 Å². The molecule has 0 aliphatic carbocycles. The van der Waals surface area contributed by atoms with Gasteiger partial charge in [0.1, 0.15) is 17.8 Å². The number of carbonyl (C=O) groups excluding carboxylic acids is 2. The lowest BCUT2D eigenvalue weighted by Crippen LogP contribution is -2.48. The fourth-order valence-corrected chi connectivity index (χ4v) is 2.46. The van der Waals surface area contributed by atoms with Gasteiger partial charge in [-0.05, 0) is 11.6 Å². The van der Waals surface area contributed by atoms with Gasteiger partial charge in [-0.3, -0.25) is 14.6 Å². The zero-order valence-electron chi connectivity index (χ0n) is 13.1. The van der Waals surface area contributed by atoms with E-state index < -0.39 is 0 Å². The number of anilines is 1. The Labute approximate surface area is 139 Å². The van der Waals surface area contributed by atoms with Crippen LogP contribution in [0.5, 0.6) is 0 Å². The van der Waals surface area contributed by atoms with Crippen LogP contribution in [0.4, 0.5) is 5.82 Å². The molecule has 0 unspecified atom stereocenters. The predicted molar refractivity (Wildman–Crippen MR) is 87.1 cm³/mol. The lowest BCUT2D eigenvalue weighted by atomic mass is 10.2. The van der Waals surface area contributed by atoms with Gasteiger partial charge in [0.05, 0.1) is 0 Å². The van der Waals surface area contributed by atoms with E-state index in [2.05, 4.69) is 20.3 Å². The molecule has 3 rings (SSSR count). The monoisotopic (exact) mass is 326 g/mol. The summed E-state index contributed by atoms with van der Waals surface area (Å²) in [6.07, 6.45) is 5.68. The minimum absolute atomic E-state index is 0.146. The first-order valence-electron chi connectivity index (χ1n) is 7.70. The molecule has 1 N–H and O–H groups in total. The summed E-state index contributed by atoms with van der Waals surface area (Å²) in [4.78, 5) is 38.9. The first-order valence-corrected chi connectivity index (χ1v) is 7.70. The quantitative estimate of drug-likeness (QED) is 0.800. The fraction of sp³-hybridized carbons (Fsp3) is 0.312. The topological polar surface area (TPSA) is 91.3 Å². The number of rotatable bonds is 5. The summed E-state index contributed by atoms with van der Waals surface area (Å²) in [5, 5.41) is 3.16. The van der Waals surface area contributed by atoms with Gasteiger partial charge in [0.25, 0.3) is 5.91 Å². The van der Waals surface area contributed by atoms with E-state index in [0.29, 0.717) is 44.2 Å². The zero-order chi connectivity index (χ0) is 16.8. The van der Waals surface area contributed by atoms with Crippen LogP contribution in [0.15, 0.2) is 36.9 Å².